The molecule has 0 radical (unpaired) electrons. The number of aliphatic hydroxyl groups is 1. The maximum absolute atomic E-state index is 11.0. The average molecular weight is 112 g/mol. The number of hydrogen-bond acceptors (Lipinski definition) is 1. The molecule has 0 saturated carbocycles. The lowest BCUT2D eigenvalue weighted by Gasteiger charge is -1.94. The van der Waals surface area contributed by atoms with E-state index in [1.54, 1.807) is 0 Å². The highest BCUT2D eigenvalue weighted by Gasteiger charge is 2.08. The fourth-order valence-electron chi connectivity index (χ4n) is 0. The molecule has 0 aliphatic rings. The Morgan fingerprint density at radius 2 is 1.14 bits per heavy atom. The number of alkyl halides is 2. The van der Waals surface area contributed by atoms with Crippen LogP contribution in [0.2, 0.25) is 0 Å². The van der Waals surface area contributed by atoms with Gasteiger partial charge in [-0.15, -0.1) is 0 Å². The summed E-state index contributed by atoms with van der Waals surface area (Å²) < 4.78 is 22.0. The molecule has 1 nitrogen and oxygen atoms in total. The lowest BCUT2D eigenvalue weighted by molar-refractivity contribution is 0.0437. The largest absolute Gasteiger partial charge is 0.400 e. The van der Waals surface area contributed by atoms with Crippen molar-refractivity contribution in [1.29, 1.82) is 0 Å². The van der Waals surface area contributed by atoms with Crippen molar-refractivity contribution in [2.75, 3.05) is 7.11 Å². The molecule has 1 N–H and O–H groups in total. The van der Waals surface area contributed by atoms with Crippen LogP contribution in [-0.2, 0) is 0 Å². The van der Waals surface area contributed by atoms with Crippen LogP contribution in [0, 0.1) is 0 Å². The molecule has 0 rings (SSSR count). The van der Waals surface area contributed by atoms with Crippen molar-refractivity contribution in [2.45, 2.75) is 19.8 Å². The molecule has 0 atom stereocenters. The van der Waals surface area contributed by atoms with Gasteiger partial charge in [0, 0.05) is 7.11 Å². The molecule has 0 unspecified atom stereocenters. The van der Waals surface area contributed by atoms with Gasteiger partial charge in [0.2, 0.25) is 5.92 Å². The van der Waals surface area contributed by atoms with E-state index < -0.39 is 5.92 Å². The molecule has 0 aliphatic heterocycles. The van der Waals surface area contributed by atoms with Crippen molar-refractivity contribution < 1.29 is 13.9 Å². The molecule has 0 aromatic heterocycles. The molecule has 0 saturated heterocycles. The Kier molecular flexibility index (Phi) is 5.67. The van der Waals surface area contributed by atoms with Crippen LogP contribution in [0.15, 0.2) is 0 Å². The molecular formula is C4H10F2O. The summed E-state index contributed by atoms with van der Waals surface area (Å²) in [5, 5.41) is 7.00. The summed E-state index contributed by atoms with van der Waals surface area (Å²) in [6.07, 6.45) is 0. The maximum Gasteiger partial charge on any atom is 0.242 e. The molecule has 0 fully saturated rings. The van der Waals surface area contributed by atoms with Crippen LogP contribution in [0.1, 0.15) is 13.8 Å². The quantitative estimate of drug-likeness (QED) is 0.500. The summed E-state index contributed by atoms with van der Waals surface area (Å²) in [7, 11) is 1.00. The maximum atomic E-state index is 11.0. The number of hydrogen-bond donors (Lipinski definition) is 1. The summed E-state index contributed by atoms with van der Waals surface area (Å²) in [6.45, 7) is 1.71. The summed E-state index contributed by atoms with van der Waals surface area (Å²) in [5.41, 5.74) is 0. The molecule has 0 bridgehead atoms. The van der Waals surface area contributed by atoms with E-state index in [1.165, 1.54) is 0 Å². The van der Waals surface area contributed by atoms with Crippen molar-refractivity contribution in [3.05, 3.63) is 0 Å². The molecular weight excluding hydrogens is 102 g/mol. The highest BCUT2D eigenvalue weighted by atomic mass is 19.3. The van der Waals surface area contributed by atoms with E-state index in [9.17, 15) is 8.78 Å². The predicted molar refractivity (Wildman–Crippen MR) is 24.4 cm³/mol. The second-order valence-corrected chi connectivity index (χ2v) is 1.33. The fraction of sp³-hybridized carbons (Fsp3) is 1.00. The van der Waals surface area contributed by atoms with Gasteiger partial charge in [-0.05, 0) is 13.8 Å². The molecule has 7 heavy (non-hydrogen) atoms. The van der Waals surface area contributed by atoms with E-state index in [-0.39, 0.29) is 0 Å². The number of aliphatic hydroxyl groups excluding tert-OH is 1. The first-order valence-corrected chi connectivity index (χ1v) is 1.83. The van der Waals surface area contributed by atoms with E-state index in [1.807, 2.05) is 0 Å². The van der Waals surface area contributed by atoms with E-state index in [0.717, 1.165) is 21.0 Å². The smallest absolute Gasteiger partial charge is 0.242 e. The Balaban J connectivity index is 0. The van der Waals surface area contributed by atoms with Crippen molar-refractivity contribution in [2.24, 2.45) is 0 Å². The SMILES string of the molecule is CC(C)(F)F.CO. The molecule has 0 aromatic rings. The second kappa shape index (κ2) is 3.99. The Morgan fingerprint density at radius 1 is 1.14 bits per heavy atom. The lowest BCUT2D eigenvalue weighted by atomic mass is 10.5. The summed E-state index contributed by atoms with van der Waals surface area (Å²) in [5.74, 6) is -2.50. The third-order valence-corrected chi connectivity index (χ3v) is 0. The predicted octanol–water partition coefficient (Wildman–Crippen LogP) is 1.27. The topological polar surface area (TPSA) is 20.2 Å². The summed E-state index contributed by atoms with van der Waals surface area (Å²) in [6, 6.07) is 0. The van der Waals surface area contributed by atoms with Gasteiger partial charge in [0.05, 0.1) is 0 Å². The van der Waals surface area contributed by atoms with Gasteiger partial charge >= 0.3 is 0 Å². The highest BCUT2D eigenvalue weighted by molar-refractivity contribution is 4.40. The van der Waals surface area contributed by atoms with Crippen LogP contribution in [0.3, 0.4) is 0 Å². The monoisotopic (exact) mass is 112 g/mol. The van der Waals surface area contributed by atoms with Crippen molar-refractivity contribution >= 4 is 0 Å². The van der Waals surface area contributed by atoms with Gasteiger partial charge in [-0.25, -0.2) is 8.78 Å². The zero-order valence-electron chi connectivity index (χ0n) is 4.70. The summed E-state index contributed by atoms with van der Waals surface area (Å²) in [4.78, 5) is 0. The first-order valence-electron chi connectivity index (χ1n) is 1.83. The van der Waals surface area contributed by atoms with Crippen LogP contribution in [-0.4, -0.2) is 18.1 Å². The molecule has 0 aliphatic carbocycles. The van der Waals surface area contributed by atoms with E-state index >= 15 is 0 Å². The molecule has 0 spiro atoms. The number of halogens is 2. The van der Waals surface area contributed by atoms with Crippen molar-refractivity contribution in [1.82, 2.24) is 0 Å². The zero-order chi connectivity index (χ0) is 6.50. The highest BCUT2D eigenvalue weighted by Crippen LogP contribution is 2.06. The minimum atomic E-state index is -2.50. The van der Waals surface area contributed by atoms with E-state index in [2.05, 4.69) is 0 Å². The second-order valence-electron chi connectivity index (χ2n) is 1.33. The Labute approximate surface area is 42.0 Å². The van der Waals surface area contributed by atoms with Gasteiger partial charge in [0.1, 0.15) is 0 Å². The van der Waals surface area contributed by atoms with Gasteiger partial charge in [-0.3, -0.25) is 0 Å². The molecule has 0 heterocycles. The third kappa shape index (κ3) is 2620. The minimum absolute atomic E-state index is 0.854. The lowest BCUT2D eigenvalue weighted by Crippen LogP contribution is -1.98. The third-order valence-electron chi connectivity index (χ3n) is 0. The van der Waals surface area contributed by atoms with Crippen LogP contribution in [0.5, 0.6) is 0 Å². The Morgan fingerprint density at radius 3 is 1.14 bits per heavy atom. The molecule has 46 valence electrons. The van der Waals surface area contributed by atoms with Gasteiger partial charge in [0.15, 0.2) is 0 Å². The van der Waals surface area contributed by atoms with Gasteiger partial charge in [-0.2, -0.15) is 0 Å². The van der Waals surface area contributed by atoms with Crippen molar-refractivity contribution in [3.63, 3.8) is 0 Å². The first-order chi connectivity index (χ1) is 3.00. The van der Waals surface area contributed by atoms with E-state index in [4.69, 9.17) is 5.11 Å². The Bertz CT molecular complexity index is 25.2. The number of rotatable bonds is 0. The summed E-state index contributed by atoms with van der Waals surface area (Å²) >= 11 is 0. The van der Waals surface area contributed by atoms with Crippen LogP contribution >= 0.6 is 0 Å². The standard InChI is InChI=1S/C3H6F2.CH4O/c1-3(2,4)5;1-2/h1-2H3;2H,1H3. The van der Waals surface area contributed by atoms with Crippen LogP contribution in [0.4, 0.5) is 8.78 Å². The van der Waals surface area contributed by atoms with Gasteiger partial charge in [0.25, 0.3) is 0 Å². The van der Waals surface area contributed by atoms with E-state index in [0.29, 0.717) is 0 Å². The van der Waals surface area contributed by atoms with Crippen LogP contribution in [0.25, 0.3) is 0 Å². The van der Waals surface area contributed by atoms with Gasteiger partial charge in [-0.1, -0.05) is 0 Å². The molecule has 0 amide bonds. The zero-order valence-corrected chi connectivity index (χ0v) is 4.70. The molecule has 3 heteroatoms. The fourth-order valence-corrected chi connectivity index (χ4v) is 0. The Hall–Kier alpha value is -0.180. The van der Waals surface area contributed by atoms with Crippen molar-refractivity contribution in [3.8, 4) is 0 Å². The van der Waals surface area contributed by atoms with Gasteiger partial charge < -0.3 is 5.11 Å². The first kappa shape index (κ1) is 9.94. The van der Waals surface area contributed by atoms with Crippen LogP contribution < -0.4 is 0 Å². The minimum Gasteiger partial charge on any atom is -0.400 e. The average Bonchev–Trinajstić information content (AvgIpc) is 1.36. The normalized spacial score (nSPS) is 9.43. The molecule has 0 aromatic carbocycles.